The van der Waals surface area contributed by atoms with Crippen molar-refractivity contribution in [3.63, 3.8) is 0 Å². The Bertz CT molecular complexity index is 988. The predicted octanol–water partition coefficient (Wildman–Crippen LogP) is 3.36. The van der Waals surface area contributed by atoms with Crippen LogP contribution in [-0.4, -0.2) is 67.5 Å². The fourth-order valence-corrected chi connectivity index (χ4v) is 4.56. The van der Waals surface area contributed by atoms with Crippen LogP contribution in [0.1, 0.15) is 29.5 Å². The molecule has 0 unspecified atom stereocenters. The fourth-order valence-electron chi connectivity index (χ4n) is 4.56. The lowest BCUT2D eigenvalue weighted by molar-refractivity contribution is 0.260. The van der Waals surface area contributed by atoms with E-state index in [4.69, 9.17) is 0 Å². The zero-order valence-corrected chi connectivity index (χ0v) is 21.1. The highest BCUT2D eigenvalue weighted by Crippen LogP contribution is 2.25. The first kappa shape index (κ1) is 25.4. The van der Waals surface area contributed by atoms with E-state index < -0.39 is 0 Å². The summed E-state index contributed by atoms with van der Waals surface area (Å²) < 4.78 is 0. The fraction of sp³-hybridized carbons (Fsp3) is 0.464. The Morgan fingerprint density at radius 1 is 0.800 bits per heavy atom. The summed E-state index contributed by atoms with van der Waals surface area (Å²) in [4.78, 5) is 2.58. The minimum absolute atomic E-state index is 0.757. The molecule has 1 aliphatic heterocycles. The molecule has 1 aromatic heterocycles. The molecule has 0 aliphatic carbocycles. The van der Waals surface area contributed by atoms with Crippen LogP contribution in [0, 0.1) is 6.92 Å². The number of H-pyrrole nitrogens is 1. The number of aromatic nitrogens is 2. The van der Waals surface area contributed by atoms with Gasteiger partial charge in [0.25, 0.3) is 0 Å². The van der Waals surface area contributed by atoms with Crippen molar-refractivity contribution in [2.75, 3.05) is 57.7 Å². The molecule has 7 nitrogen and oxygen atoms in total. The van der Waals surface area contributed by atoms with E-state index in [1.165, 1.54) is 24.0 Å². The molecule has 35 heavy (non-hydrogen) atoms. The van der Waals surface area contributed by atoms with Crippen LogP contribution in [0.15, 0.2) is 54.6 Å². The molecule has 2 heterocycles. The van der Waals surface area contributed by atoms with E-state index in [1.54, 1.807) is 0 Å². The minimum Gasteiger partial charge on any atom is -0.364 e. The Hall–Kier alpha value is -2.71. The van der Waals surface area contributed by atoms with Gasteiger partial charge in [0.05, 0.1) is 5.69 Å². The summed E-state index contributed by atoms with van der Waals surface area (Å²) in [5.74, 6) is 0.915. The molecule has 0 amide bonds. The van der Waals surface area contributed by atoms with Gasteiger partial charge in [-0.15, -0.1) is 0 Å². The summed E-state index contributed by atoms with van der Waals surface area (Å²) in [5.41, 5.74) is 6.02. The van der Waals surface area contributed by atoms with Crippen molar-refractivity contribution < 1.29 is 0 Å². The van der Waals surface area contributed by atoms with Gasteiger partial charge in [-0.2, -0.15) is 5.10 Å². The van der Waals surface area contributed by atoms with Gasteiger partial charge in [0.15, 0.2) is 5.82 Å². The molecule has 0 radical (unpaired) electrons. The van der Waals surface area contributed by atoms with E-state index in [9.17, 15) is 0 Å². The Kier molecular flexibility index (Phi) is 10.2. The Labute approximate surface area is 210 Å². The summed E-state index contributed by atoms with van der Waals surface area (Å²) in [5, 5.41) is 21.9. The standard InChI is InChI=1S/C28H41N7/c1-23-27(26-10-3-2-4-11-26)33-34-28(23)32-21-24-8-5-9-25(20-24)22-35-18-7-14-30-16-15-29-12-6-13-31-17-19-35/h2-5,8-11,20,29-31H,6-7,12-19,21-22H2,1H3,(H2,32,33,34). The molecule has 1 aliphatic rings. The van der Waals surface area contributed by atoms with Gasteiger partial charge < -0.3 is 21.3 Å². The van der Waals surface area contributed by atoms with E-state index in [-0.39, 0.29) is 0 Å². The van der Waals surface area contributed by atoms with Crippen LogP contribution in [0.5, 0.6) is 0 Å². The van der Waals surface area contributed by atoms with Gasteiger partial charge in [0.1, 0.15) is 0 Å². The Balaban J connectivity index is 1.32. The molecule has 1 saturated heterocycles. The van der Waals surface area contributed by atoms with Gasteiger partial charge in [0.2, 0.25) is 0 Å². The quantitative estimate of drug-likeness (QED) is 0.376. The maximum Gasteiger partial charge on any atom is 0.151 e. The monoisotopic (exact) mass is 475 g/mol. The molecule has 2 aromatic carbocycles. The average Bonchev–Trinajstić information content (AvgIpc) is 3.26. The molecule has 0 spiro atoms. The van der Waals surface area contributed by atoms with Crippen LogP contribution in [0.25, 0.3) is 11.3 Å². The Morgan fingerprint density at radius 2 is 1.54 bits per heavy atom. The highest BCUT2D eigenvalue weighted by Gasteiger charge is 2.11. The molecule has 0 saturated carbocycles. The number of hydrogen-bond donors (Lipinski definition) is 5. The Morgan fingerprint density at radius 3 is 2.37 bits per heavy atom. The minimum atomic E-state index is 0.757. The summed E-state index contributed by atoms with van der Waals surface area (Å²) >= 11 is 0. The summed E-state index contributed by atoms with van der Waals surface area (Å²) in [6, 6.07) is 19.3. The maximum absolute atomic E-state index is 4.52. The van der Waals surface area contributed by atoms with Crippen molar-refractivity contribution in [2.45, 2.75) is 32.9 Å². The zero-order chi connectivity index (χ0) is 24.1. The first-order valence-electron chi connectivity index (χ1n) is 13.1. The SMILES string of the molecule is Cc1c(NCc2cccc(CN3CCCNCCNCCCNCC3)c2)n[nH]c1-c1ccccc1. The van der Waals surface area contributed by atoms with E-state index in [0.29, 0.717) is 0 Å². The largest absolute Gasteiger partial charge is 0.364 e. The van der Waals surface area contributed by atoms with Gasteiger partial charge in [-0.3, -0.25) is 10.00 Å². The summed E-state index contributed by atoms with van der Waals surface area (Å²) in [6.07, 6.45) is 2.35. The van der Waals surface area contributed by atoms with Crippen molar-refractivity contribution in [2.24, 2.45) is 0 Å². The molecule has 188 valence electrons. The maximum atomic E-state index is 4.52. The van der Waals surface area contributed by atoms with Crippen molar-refractivity contribution >= 4 is 5.82 Å². The van der Waals surface area contributed by atoms with E-state index in [2.05, 4.69) is 91.8 Å². The second-order valence-corrected chi connectivity index (χ2v) is 9.34. The van der Waals surface area contributed by atoms with E-state index in [1.807, 2.05) is 6.07 Å². The first-order chi connectivity index (χ1) is 17.3. The molecular formula is C28H41N7. The number of rotatable bonds is 6. The molecule has 0 atom stereocenters. The number of aromatic amines is 1. The number of benzene rings is 2. The third-order valence-electron chi connectivity index (χ3n) is 6.55. The van der Waals surface area contributed by atoms with Crippen LogP contribution in [0.2, 0.25) is 0 Å². The average molecular weight is 476 g/mol. The molecule has 1 fully saturated rings. The lowest BCUT2D eigenvalue weighted by Crippen LogP contribution is -2.36. The number of nitrogens with zero attached hydrogens (tertiary/aromatic N) is 2. The van der Waals surface area contributed by atoms with Gasteiger partial charge in [-0.25, -0.2) is 0 Å². The molecule has 7 heteroatoms. The van der Waals surface area contributed by atoms with Gasteiger partial charge >= 0.3 is 0 Å². The summed E-state index contributed by atoms with van der Waals surface area (Å²) in [6.45, 7) is 12.4. The first-order valence-corrected chi connectivity index (χ1v) is 13.1. The molecule has 3 aromatic rings. The van der Waals surface area contributed by atoms with E-state index in [0.717, 1.165) is 88.1 Å². The number of anilines is 1. The zero-order valence-electron chi connectivity index (χ0n) is 21.1. The van der Waals surface area contributed by atoms with Gasteiger partial charge in [-0.05, 0) is 62.6 Å². The smallest absolute Gasteiger partial charge is 0.151 e. The normalized spacial score (nSPS) is 17.1. The molecule has 4 rings (SSSR count). The van der Waals surface area contributed by atoms with Crippen LogP contribution in [-0.2, 0) is 13.1 Å². The van der Waals surface area contributed by atoms with Crippen LogP contribution in [0.3, 0.4) is 0 Å². The van der Waals surface area contributed by atoms with Crippen molar-refractivity contribution in [3.8, 4) is 11.3 Å². The van der Waals surface area contributed by atoms with Crippen molar-refractivity contribution in [1.29, 1.82) is 0 Å². The van der Waals surface area contributed by atoms with Crippen LogP contribution in [0.4, 0.5) is 5.82 Å². The second kappa shape index (κ2) is 14.0. The molecule has 0 bridgehead atoms. The third-order valence-corrected chi connectivity index (χ3v) is 6.55. The van der Waals surface area contributed by atoms with Gasteiger partial charge in [0, 0.05) is 44.8 Å². The second-order valence-electron chi connectivity index (χ2n) is 9.34. The lowest BCUT2D eigenvalue weighted by Gasteiger charge is -2.23. The van der Waals surface area contributed by atoms with Crippen molar-refractivity contribution in [1.82, 2.24) is 31.0 Å². The van der Waals surface area contributed by atoms with Crippen LogP contribution >= 0.6 is 0 Å². The lowest BCUT2D eigenvalue weighted by atomic mass is 10.1. The highest BCUT2D eigenvalue weighted by molar-refractivity contribution is 5.68. The highest BCUT2D eigenvalue weighted by atomic mass is 15.2. The van der Waals surface area contributed by atoms with Gasteiger partial charge in [-0.1, -0.05) is 54.6 Å². The summed E-state index contributed by atoms with van der Waals surface area (Å²) in [7, 11) is 0. The molecular weight excluding hydrogens is 434 g/mol. The van der Waals surface area contributed by atoms with Crippen molar-refractivity contribution in [3.05, 3.63) is 71.3 Å². The predicted molar refractivity (Wildman–Crippen MR) is 146 cm³/mol. The molecule has 5 N–H and O–H groups in total. The third kappa shape index (κ3) is 8.18. The number of nitrogens with one attached hydrogen (secondary N) is 5. The topological polar surface area (TPSA) is 80.0 Å². The van der Waals surface area contributed by atoms with E-state index >= 15 is 0 Å². The number of hydrogen-bond acceptors (Lipinski definition) is 6. The van der Waals surface area contributed by atoms with Crippen LogP contribution < -0.4 is 21.3 Å².